The molecule has 9 nitrogen and oxygen atoms in total. The van der Waals surface area contributed by atoms with Gasteiger partial charge in [-0.3, -0.25) is 18.6 Å². The molecular weight excluding hydrogens is 1100 g/mol. The fourth-order valence-corrected chi connectivity index (χ4v) is 9.06. The van der Waals surface area contributed by atoms with Crippen molar-refractivity contribution in [1.29, 1.82) is 0 Å². The first-order valence-corrected chi connectivity index (χ1v) is 35.1. The molecule has 2 atom stereocenters. The van der Waals surface area contributed by atoms with Gasteiger partial charge in [-0.2, -0.15) is 0 Å². The molecular formula is C77H120NO8P. The summed E-state index contributed by atoms with van der Waals surface area (Å²) in [6.07, 6.45) is 108. The summed E-state index contributed by atoms with van der Waals surface area (Å²) in [6, 6.07) is 0. The molecule has 10 heteroatoms. The lowest BCUT2D eigenvalue weighted by Crippen LogP contribution is -2.29. The zero-order valence-corrected chi connectivity index (χ0v) is 55.3. The van der Waals surface area contributed by atoms with E-state index in [0.29, 0.717) is 12.8 Å². The number of hydrogen-bond donors (Lipinski definition) is 2. The van der Waals surface area contributed by atoms with Gasteiger partial charge in [0, 0.05) is 19.4 Å². The zero-order valence-electron chi connectivity index (χ0n) is 54.4. The van der Waals surface area contributed by atoms with E-state index in [0.717, 1.165) is 180 Å². The van der Waals surface area contributed by atoms with Crippen LogP contribution in [0.4, 0.5) is 0 Å². The second-order valence-corrected chi connectivity index (χ2v) is 22.7. The van der Waals surface area contributed by atoms with E-state index in [1.54, 1.807) is 0 Å². The van der Waals surface area contributed by atoms with Gasteiger partial charge in [0.05, 0.1) is 13.2 Å². The highest BCUT2D eigenvalue weighted by Gasteiger charge is 2.26. The Morgan fingerprint density at radius 2 is 0.598 bits per heavy atom. The molecule has 486 valence electrons. The predicted molar refractivity (Wildman–Crippen MR) is 375 cm³/mol. The Kier molecular flexibility index (Phi) is 65.4. The van der Waals surface area contributed by atoms with E-state index in [-0.39, 0.29) is 32.6 Å². The van der Waals surface area contributed by atoms with Crippen LogP contribution < -0.4 is 5.73 Å². The predicted octanol–water partition coefficient (Wildman–Crippen LogP) is 22.3. The van der Waals surface area contributed by atoms with E-state index >= 15 is 0 Å². The van der Waals surface area contributed by atoms with Gasteiger partial charge in [-0.05, 0) is 148 Å². The minimum Gasteiger partial charge on any atom is -0.462 e. The third kappa shape index (κ3) is 69.6. The highest BCUT2D eigenvalue weighted by Crippen LogP contribution is 2.43. The standard InChI is InChI=1S/C77H120NO8P/c1-3-5-7-9-11-13-15-17-19-21-23-25-27-29-30-31-32-33-34-35-36-37-38-39-40-41-42-43-44-46-48-50-52-54-56-58-60-62-64-66-68-70-77(80)86-75(74-85-87(81,82)84-72-71-78)73-83-76(79)69-67-65-63-61-59-57-55-53-51-49-47-45-28-26-24-22-20-18-16-14-12-10-8-6-4-2/h5-8,11-14,17-20,23-26,29-30,32-33,35-36,38-39,41-42,44-47,50-53,75H,3-4,9-10,15-16,21-22,27-28,31,34,37,40,43,48-49,54-74,78H2,1-2H3,(H,81,82)/b7-5-,8-6-,13-11-,14-12-,19-17-,20-18-,25-23-,26-24-,30-29-,33-32-,36-35-,39-38-,42-41-,46-44-,47-45-,52-50-,53-51-. The summed E-state index contributed by atoms with van der Waals surface area (Å²) in [7, 11) is -4.42. The zero-order chi connectivity index (χ0) is 63.0. The Hall–Kier alpha value is -5.41. The van der Waals surface area contributed by atoms with Gasteiger partial charge >= 0.3 is 19.8 Å². The van der Waals surface area contributed by atoms with Gasteiger partial charge in [-0.25, -0.2) is 4.57 Å². The van der Waals surface area contributed by atoms with E-state index < -0.39 is 32.5 Å². The molecule has 0 fully saturated rings. The summed E-state index contributed by atoms with van der Waals surface area (Å²) in [5.74, 6) is -0.874. The van der Waals surface area contributed by atoms with E-state index in [9.17, 15) is 19.0 Å². The van der Waals surface area contributed by atoms with Crippen LogP contribution in [0.25, 0.3) is 0 Å². The van der Waals surface area contributed by atoms with E-state index in [1.165, 1.54) is 12.8 Å². The maximum absolute atomic E-state index is 12.8. The molecule has 0 saturated heterocycles. The van der Waals surface area contributed by atoms with Crippen LogP contribution in [0.15, 0.2) is 207 Å². The lowest BCUT2D eigenvalue weighted by Gasteiger charge is -2.19. The van der Waals surface area contributed by atoms with E-state index in [1.807, 2.05) is 0 Å². The molecule has 0 aromatic heterocycles. The minimum atomic E-state index is -4.42. The first-order valence-electron chi connectivity index (χ1n) is 33.6. The molecule has 0 aliphatic carbocycles. The van der Waals surface area contributed by atoms with Crippen LogP contribution in [0, 0.1) is 0 Å². The summed E-state index contributed by atoms with van der Waals surface area (Å²) in [5, 5.41) is 0. The minimum absolute atomic E-state index is 0.0377. The third-order valence-electron chi connectivity index (χ3n) is 13.2. The van der Waals surface area contributed by atoms with Crippen molar-refractivity contribution in [2.24, 2.45) is 5.73 Å². The normalized spacial score (nSPS) is 14.3. The lowest BCUT2D eigenvalue weighted by molar-refractivity contribution is -0.161. The Labute approximate surface area is 531 Å². The number of rotatable bonds is 60. The summed E-state index contributed by atoms with van der Waals surface area (Å²) in [4.78, 5) is 35.3. The van der Waals surface area contributed by atoms with Crippen LogP contribution in [0.2, 0.25) is 0 Å². The van der Waals surface area contributed by atoms with E-state index in [4.69, 9.17) is 24.3 Å². The van der Waals surface area contributed by atoms with Gasteiger partial charge in [0.25, 0.3) is 0 Å². The summed E-state index contributed by atoms with van der Waals surface area (Å²) in [6.45, 7) is 3.46. The smallest absolute Gasteiger partial charge is 0.462 e. The third-order valence-corrected chi connectivity index (χ3v) is 14.1. The molecule has 3 N–H and O–H groups in total. The van der Waals surface area contributed by atoms with Gasteiger partial charge in [0.15, 0.2) is 6.10 Å². The number of phosphoric acid groups is 1. The van der Waals surface area contributed by atoms with Crippen LogP contribution in [0.1, 0.15) is 232 Å². The van der Waals surface area contributed by atoms with Crippen molar-refractivity contribution in [2.75, 3.05) is 26.4 Å². The molecule has 0 radical (unpaired) electrons. The molecule has 87 heavy (non-hydrogen) atoms. The van der Waals surface area contributed by atoms with Gasteiger partial charge in [0.1, 0.15) is 6.61 Å². The van der Waals surface area contributed by atoms with Gasteiger partial charge in [-0.1, -0.05) is 278 Å². The molecule has 0 saturated carbocycles. The van der Waals surface area contributed by atoms with Gasteiger partial charge < -0.3 is 20.1 Å². The van der Waals surface area contributed by atoms with Crippen LogP contribution in [0.3, 0.4) is 0 Å². The van der Waals surface area contributed by atoms with Crippen molar-refractivity contribution < 1.29 is 37.6 Å². The maximum Gasteiger partial charge on any atom is 0.472 e. The van der Waals surface area contributed by atoms with Crippen molar-refractivity contribution >= 4 is 19.8 Å². The number of carbonyl (C=O) groups is 2. The molecule has 0 spiro atoms. The largest absolute Gasteiger partial charge is 0.472 e. The Morgan fingerprint density at radius 1 is 0.345 bits per heavy atom. The topological polar surface area (TPSA) is 134 Å². The second kappa shape index (κ2) is 69.7. The Morgan fingerprint density at radius 3 is 0.885 bits per heavy atom. The van der Waals surface area contributed by atoms with Crippen molar-refractivity contribution in [3.8, 4) is 0 Å². The molecule has 0 rings (SSSR count). The molecule has 0 aromatic rings. The molecule has 0 aromatic carbocycles. The Bertz CT molecular complexity index is 2180. The van der Waals surface area contributed by atoms with Crippen molar-refractivity contribution in [2.45, 2.75) is 238 Å². The van der Waals surface area contributed by atoms with Crippen LogP contribution in [-0.2, 0) is 32.7 Å². The first kappa shape index (κ1) is 81.6. The second-order valence-electron chi connectivity index (χ2n) is 21.2. The van der Waals surface area contributed by atoms with Crippen molar-refractivity contribution in [3.05, 3.63) is 207 Å². The van der Waals surface area contributed by atoms with Crippen LogP contribution in [0.5, 0.6) is 0 Å². The molecule has 0 heterocycles. The van der Waals surface area contributed by atoms with Crippen LogP contribution in [-0.4, -0.2) is 49.3 Å². The molecule has 0 aliphatic rings. The fraction of sp³-hybridized carbons (Fsp3) is 0.532. The number of esters is 2. The van der Waals surface area contributed by atoms with E-state index in [2.05, 4.69) is 220 Å². The molecule has 0 amide bonds. The first-order chi connectivity index (χ1) is 42.8. The maximum atomic E-state index is 12.8. The number of nitrogens with two attached hydrogens (primary N) is 1. The highest BCUT2D eigenvalue weighted by molar-refractivity contribution is 7.47. The van der Waals surface area contributed by atoms with Crippen molar-refractivity contribution in [1.82, 2.24) is 0 Å². The fourth-order valence-electron chi connectivity index (χ4n) is 8.29. The Balaban J connectivity index is 4.05. The monoisotopic (exact) mass is 1220 g/mol. The number of hydrogen-bond acceptors (Lipinski definition) is 8. The average molecular weight is 1220 g/mol. The number of phosphoric ester groups is 1. The van der Waals surface area contributed by atoms with Gasteiger partial charge in [0.2, 0.25) is 0 Å². The average Bonchev–Trinajstić information content (AvgIpc) is 3.65. The quantitative estimate of drug-likeness (QED) is 0.0264. The summed E-state index contributed by atoms with van der Waals surface area (Å²) >= 11 is 0. The SMILES string of the molecule is CC/C=C\C/C=C\C/C=C\C/C=C\C/C=C\C/C=C\C/C=C\C/C=C\C/C=C\C/C=C\C/C=C\CCCCCCCCCC(=O)OC(COC(=O)CCCCCCCC/C=C\C/C=C\C/C=C\C/C=C\C/C=C\C/C=C\CC)COP(=O)(O)OCCN. The lowest BCUT2D eigenvalue weighted by atomic mass is 10.1. The molecule has 0 bridgehead atoms. The summed E-state index contributed by atoms with van der Waals surface area (Å²) < 4.78 is 33.1. The molecule has 0 aliphatic heterocycles. The highest BCUT2D eigenvalue weighted by atomic mass is 31.2. The number of ether oxygens (including phenoxy) is 2. The molecule has 2 unspecified atom stereocenters. The van der Waals surface area contributed by atoms with Gasteiger partial charge in [-0.15, -0.1) is 0 Å². The number of unbranched alkanes of at least 4 members (excludes halogenated alkanes) is 13. The van der Waals surface area contributed by atoms with Crippen molar-refractivity contribution in [3.63, 3.8) is 0 Å². The van der Waals surface area contributed by atoms with Crippen LogP contribution >= 0.6 is 7.82 Å². The summed E-state index contributed by atoms with van der Waals surface area (Å²) in [5.41, 5.74) is 5.39. The number of allylic oxidation sites excluding steroid dienone is 34. The number of carbonyl (C=O) groups excluding carboxylic acids is 2.